The molecule has 0 unspecified atom stereocenters. The van der Waals surface area contributed by atoms with Crippen molar-refractivity contribution in [1.29, 1.82) is 0 Å². The van der Waals surface area contributed by atoms with Crippen LogP contribution in [0.5, 0.6) is 0 Å². The number of hydrogen-bond acceptors (Lipinski definition) is 5. The zero-order valence-corrected chi connectivity index (χ0v) is 20.3. The largest absolute Gasteiger partial charge is 0.416 e. The fourth-order valence-electron chi connectivity index (χ4n) is 3.56. The third kappa shape index (κ3) is 7.04. The molecular weight excluding hydrogens is 521 g/mol. The van der Waals surface area contributed by atoms with Crippen LogP contribution in [0.2, 0.25) is 5.02 Å². The fourth-order valence-corrected chi connectivity index (χ4v) is 3.74. The maximum absolute atomic E-state index is 13.0. The van der Waals surface area contributed by atoms with Gasteiger partial charge in [-0.15, -0.1) is 5.10 Å². The molecule has 194 valence electrons. The number of tetrazole rings is 1. The minimum Gasteiger partial charge on any atom is -0.340 e. The van der Waals surface area contributed by atoms with Crippen molar-refractivity contribution in [2.24, 2.45) is 0 Å². The molecule has 12 heteroatoms. The van der Waals surface area contributed by atoms with Crippen molar-refractivity contribution in [2.45, 2.75) is 18.6 Å². The van der Waals surface area contributed by atoms with Gasteiger partial charge in [0.1, 0.15) is 12.4 Å². The highest BCUT2D eigenvalue weighted by atomic mass is 35.5. The molecule has 0 spiro atoms. The fraction of sp³-hybridized carbons (Fsp3) is 0.115. The second-order valence-corrected chi connectivity index (χ2v) is 8.54. The van der Waals surface area contributed by atoms with Crippen molar-refractivity contribution in [1.82, 2.24) is 25.5 Å². The number of rotatable bonds is 8. The Morgan fingerprint density at radius 2 is 1.76 bits per heavy atom. The first-order chi connectivity index (χ1) is 18.2. The lowest BCUT2D eigenvalue weighted by Gasteiger charge is -2.18. The molecule has 0 aliphatic rings. The van der Waals surface area contributed by atoms with Crippen molar-refractivity contribution in [3.63, 3.8) is 0 Å². The Labute approximate surface area is 220 Å². The van der Waals surface area contributed by atoms with Crippen LogP contribution >= 0.6 is 11.6 Å². The number of hydrogen-bond donors (Lipinski definition) is 2. The molecule has 3 aromatic carbocycles. The Bertz CT molecular complexity index is 1430. The lowest BCUT2D eigenvalue weighted by molar-refractivity contribution is -0.137. The lowest BCUT2D eigenvalue weighted by atomic mass is 10.0. The van der Waals surface area contributed by atoms with Crippen molar-refractivity contribution >= 4 is 35.2 Å². The number of anilines is 1. The number of alkyl halides is 3. The topological polar surface area (TPSA) is 102 Å². The Morgan fingerprint density at radius 1 is 1.03 bits per heavy atom. The van der Waals surface area contributed by atoms with Crippen LogP contribution in [-0.4, -0.2) is 38.1 Å². The summed E-state index contributed by atoms with van der Waals surface area (Å²) < 4.78 is 40.0. The molecule has 2 amide bonds. The number of nitrogens with zero attached hydrogens (tertiary/aromatic N) is 4. The van der Waals surface area contributed by atoms with E-state index in [0.29, 0.717) is 16.3 Å². The molecule has 8 nitrogen and oxygen atoms in total. The summed E-state index contributed by atoms with van der Waals surface area (Å²) in [5.74, 6) is -1.16. The molecule has 0 saturated carbocycles. The van der Waals surface area contributed by atoms with Crippen LogP contribution in [0.15, 0.2) is 85.2 Å². The molecule has 0 aliphatic carbocycles. The van der Waals surface area contributed by atoms with Gasteiger partial charge in [0.25, 0.3) is 0 Å². The Balaban J connectivity index is 1.51. The first-order valence-electron chi connectivity index (χ1n) is 11.2. The van der Waals surface area contributed by atoms with E-state index in [1.165, 1.54) is 23.2 Å². The van der Waals surface area contributed by atoms with Gasteiger partial charge in [-0.25, -0.2) is 0 Å². The lowest BCUT2D eigenvalue weighted by Crippen LogP contribution is -2.44. The summed E-state index contributed by atoms with van der Waals surface area (Å²) in [6, 6.07) is 17.0. The van der Waals surface area contributed by atoms with E-state index in [4.69, 9.17) is 11.6 Å². The minimum atomic E-state index is -4.49. The molecule has 0 saturated heterocycles. The number of amides is 2. The van der Waals surface area contributed by atoms with Crippen LogP contribution in [0.4, 0.5) is 18.9 Å². The SMILES string of the molecule is O=C(/C=C/c1cc(Cl)ccc1-n1cnnn1)N[C@@H](Cc1ccccc1)C(=O)Nc1ccc(C(F)(F)F)cc1. The molecular formula is C26H20ClF3N6O2. The monoisotopic (exact) mass is 540 g/mol. The van der Waals surface area contributed by atoms with E-state index in [2.05, 4.69) is 26.2 Å². The highest BCUT2D eigenvalue weighted by Crippen LogP contribution is 2.30. The first-order valence-corrected chi connectivity index (χ1v) is 11.6. The Kier molecular flexibility index (Phi) is 8.17. The molecule has 1 aromatic heterocycles. The number of benzene rings is 3. The maximum atomic E-state index is 13.0. The predicted molar refractivity (Wildman–Crippen MR) is 135 cm³/mol. The zero-order chi connectivity index (χ0) is 27.1. The van der Waals surface area contributed by atoms with Gasteiger partial charge in [-0.2, -0.15) is 17.9 Å². The number of carbonyl (C=O) groups is 2. The van der Waals surface area contributed by atoms with E-state index >= 15 is 0 Å². The van der Waals surface area contributed by atoms with E-state index in [1.54, 1.807) is 42.5 Å². The highest BCUT2D eigenvalue weighted by molar-refractivity contribution is 6.30. The summed E-state index contributed by atoms with van der Waals surface area (Å²) in [5.41, 5.74) is 1.23. The quantitative estimate of drug-likeness (QED) is 0.315. The normalized spacial score (nSPS) is 12.3. The average molecular weight is 541 g/mol. The van der Waals surface area contributed by atoms with Crippen LogP contribution < -0.4 is 10.6 Å². The third-order valence-electron chi connectivity index (χ3n) is 5.40. The summed E-state index contributed by atoms with van der Waals surface area (Å²) in [7, 11) is 0. The highest BCUT2D eigenvalue weighted by Gasteiger charge is 2.30. The number of nitrogens with one attached hydrogen (secondary N) is 2. The van der Waals surface area contributed by atoms with Gasteiger partial charge >= 0.3 is 6.18 Å². The zero-order valence-electron chi connectivity index (χ0n) is 19.6. The van der Waals surface area contributed by atoms with Gasteiger partial charge in [-0.05, 0) is 64.5 Å². The first kappa shape index (κ1) is 26.6. The van der Waals surface area contributed by atoms with Crippen molar-refractivity contribution in [3.8, 4) is 5.69 Å². The average Bonchev–Trinajstić information content (AvgIpc) is 3.42. The van der Waals surface area contributed by atoms with Crippen LogP contribution in [-0.2, 0) is 22.2 Å². The van der Waals surface area contributed by atoms with Gasteiger partial charge in [0, 0.05) is 28.8 Å². The second-order valence-electron chi connectivity index (χ2n) is 8.11. The number of aromatic nitrogens is 4. The molecule has 4 rings (SSSR count). The summed E-state index contributed by atoms with van der Waals surface area (Å²) in [4.78, 5) is 25.9. The van der Waals surface area contributed by atoms with Gasteiger partial charge in [0.2, 0.25) is 11.8 Å². The molecule has 0 radical (unpaired) electrons. The minimum absolute atomic E-state index is 0.153. The smallest absolute Gasteiger partial charge is 0.340 e. The summed E-state index contributed by atoms with van der Waals surface area (Å²) in [6.45, 7) is 0. The molecule has 1 atom stereocenters. The van der Waals surface area contributed by atoms with Gasteiger partial charge in [0.05, 0.1) is 11.3 Å². The summed E-state index contributed by atoms with van der Waals surface area (Å²) in [6.07, 6.45) is -0.206. The van der Waals surface area contributed by atoms with E-state index in [1.807, 2.05) is 6.07 Å². The standard InChI is InChI=1S/C26H20ClF3N6O2/c27-20-9-12-23(36-16-31-34-35-36)18(15-20)6-13-24(37)33-22(14-17-4-2-1-3-5-17)25(38)32-21-10-7-19(8-11-21)26(28,29)30/h1-13,15-16,22H,14H2,(H,32,38)(H,33,37)/b13-6+/t22-/m0/s1. The van der Waals surface area contributed by atoms with E-state index in [0.717, 1.165) is 29.8 Å². The molecule has 0 bridgehead atoms. The van der Waals surface area contributed by atoms with Gasteiger partial charge in [-0.1, -0.05) is 41.9 Å². The molecule has 2 N–H and O–H groups in total. The van der Waals surface area contributed by atoms with E-state index in [-0.39, 0.29) is 12.1 Å². The maximum Gasteiger partial charge on any atom is 0.416 e. The van der Waals surface area contributed by atoms with Crippen LogP contribution in [0.25, 0.3) is 11.8 Å². The third-order valence-corrected chi connectivity index (χ3v) is 5.63. The summed E-state index contributed by atoms with van der Waals surface area (Å²) in [5, 5.41) is 16.7. The second kappa shape index (κ2) is 11.7. The summed E-state index contributed by atoms with van der Waals surface area (Å²) >= 11 is 6.11. The van der Waals surface area contributed by atoms with E-state index < -0.39 is 29.6 Å². The molecule has 0 aliphatic heterocycles. The van der Waals surface area contributed by atoms with Gasteiger partial charge in [0.15, 0.2) is 0 Å². The van der Waals surface area contributed by atoms with Crippen LogP contribution in [0, 0.1) is 0 Å². The number of carbonyl (C=O) groups excluding carboxylic acids is 2. The van der Waals surface area contributed by atoms with Crippen molar-refractivity contribution < 1.29 is 22.8 Å². The van der Waals surface area contributed by atoms with Crippen molar-refractivity contribution in [2.75, 3.05) is 5.32 Å². The van der Waals surface area contributed by atoms with E-state index in [9.17, 15) is 22.8 Å². The Morgan fingerprint density at radius 3 is 2.42 bits per heavy atom. The van der Waals surface area contributed by atoms with Crippen molar-refractivity contribution in [3.05, 3.63) is 107 Å². The molecule has 0 fully saturated rings. The molecule has 38 heavy (non-hydrogen) atoms. The Hall–Kier alpha value is -4.51. The van der Waals surface area contributed by atoms with Gasteiger partial charge < -0.3 is 10.6 Å². The van der Waals surface area contributed by atoms with Crippen LogP contribution in [0.1, 0.15) is 16.7 Å². The molecule has 4 aromatic rings. The van der Waals surface area contributed by atoms with Gasteiger partial charge in [-0.3, -0.25) is 9.59 Å². The predicted octanol–water partition coefficient (Wildman–Crippen LogP) is 4.71. The molecule has 1 heterocycles. The number of halogens is 4. The van der Waals surface area contributed by atoms with Crippen LogP contribution in [0.3, 0.4) is 0 Å².